The molecule has 0 N–H and O–H groups in total. The number of carbonyl (C=O) groups excluding carboxylic acids is 3. The predicted octanol–water partition coefficient (Wildman–Crippen LogP) is 6.04. The number of amides is 3. The minimum Gasteiger partial charge on any atom is -0.341 e. The summed E-state index contributed by atoms with van der Waals surface area (Å²) in [5.74, 6) is -3.62. The SMILES string of the molecule is O=C(Cn1c2c(sc1=O)C(c1cccc(Cl)c1Cl)C1C(=O)N(c3cccc(C(F)(F)F)c3)C(=O)C1S2)N1CCCCC1. The van der Waals surface area contributed by atoms with Crippen LogP contribution in [0.2, 0.25) is 10.0 Å². The van der Waals surface area contributed by atoms with Crippen molar-refractivity contribution >= 4 is 69.7 Å². The van der Waals surface area contributed by atoms with E-state index in [-0.39, 0.29) is 28.2 Å². The normalized spacial score (nSPS) is 22.4. The summed E-state index contributed by atoms with van der Waals surface area (Å²) < 4.78 is 41.8. The van der Waals surface area contributed by atoms with E-state index in [1.54, 1.807) is 23.1 Å². The summed E-state index contributed by atoms with van der Waals surface area (Å²) in [7, 11) is 0. The molecule has 3 atom stereocenters. The number of thiazole rings is 1. The monoisotopic (exact) mass is 655 g/mol. The van der Waals surface area contributed by atoms with Crippen molar-refractivity contribution in [2.75, 3.05) is 18.0 Å². The molecule has 3 amide bonds. The molecule has 3 aliphatic rings. The lowest BCUT2D eigenvalue weighted by Gasteiger charge is -2.31. The Balaban J connectivity index is 1.46. The van der Waals surface area contributed by atoms with Gasteiger partial charge in [-0.2, -0.15) is 13.2 Å². The highest BCUT2D eigenvalue weighted by Crippen LogP contribution is 2.55. The van der Waals surface area contributed by atoms with Crippen molar-refractivity contribution in [3.8, 4) is 0 Å². The van der Waals surface area contributed by atoms with E-state index < -0.39 is 45.5 Å². The molecule has 3 unspecified atom stereocenters. The molecule has 3 aliphatic heterocycles. The van der Waals surface area contributed by atoms with Crippen molar-refractivity contribution in [2.24, 2.45) is 5.92 Å². The molecule has 7 nitrogen and oxygen atoms in total. The van der Waals surface area contributed by atoms with Crippen molar-refractivity contribution in [3.63, 3.8) is 0 Å². The molecule has 3 aromatic rings. The number of hydrogen-bond acceptors (Lipinski definition) is 6. The number of rotatable bonds is 4. The van der Waals surface area contributed by atoms with Gasteiger partial charge < -0.3 is 4.90 Å². The lowest BCUT2D eigenvalue weighted by atomic mass is 9.83. The van der Waals surface area contributed by atoms with Gasteiger partial charge in [0.05, 0.1) is 32.2 Å². The molecule has 2 saturated heterocycles. The zero-order valence-electron chi connectivity index (χ0n) is 21.7. The molecule has 42 heavy (non-hydrogen) atoms. The zero-order chi connectivity index (χ0) is 29.9. The number of halogens is 5. The minimum absolute atomic E-state index is 0.135. The van der Waals surface area contributed by atoms with Crippen LogP contribution in [-0.2, 0) is 27.1 Å². The highest BCUT2D eigenvalue weighted by Gasteiger charge is 2.57. The van der Waals surface area contributed by atoms with Crippen LogP contribution >= 0.6 is 46.3 Å². The van der Waals surface area contributed by atoms with Gasteiger partial charge in [-0.25, -0.2) is 4.90 Å². The third kappa shape index (κ3) is 4.95. The average molecular weight is 657 g/mol. The fourth-order valence-corrected chi connectivity index (χ4v) is 8.99. The van der Waals surface area contributed by atoms with E-state index in [1.165, 1.54) is 10.6 Å². The molecule has 220 valence electrons. The van der Waals surface area contributed by atoms with Crippen LogP contribution in [0, 0.1) is 5.92 Å². The first-order valence-electron chi connectivity index (χ1n) is 13.1. The number of alkyl halides is 3. The second-order valence-corrected chi connectivity index (χ2v) is 13.2. The fourth-order valence-electron chi connectivity index (χ4n) is 5.81. The van der Waals surface area contributed by atoms with Crippen LogP contribution in [0.25, 0.3) is 0 Å². The molecular formula is C28H22Cl2F3N3O4S2. The average Bonchev–Trinajstić information content (AvgIpc) is 3.41. The summed E-state index contributed by atoms with van der Waals surface area (Å²) >= 11 is 14.8. The summed E-state index contributed by atoms with van der Waals surface area (Å²) in [6, 6.07) is 8.88. The number of carbonyl (C=O) groups is 3. The maximum Gasteiger partial charge on any atom is 0.416 e. The van der Waals surface area contributed by atoms with E-state index >= 15 is 0 Å². The minimum atomic E-state index is -4.68. The van der Waals surface area contributed by atoms with Gasteiger partial charge in [-0.05, 0) is 49.1 Å². The van der Waals surface area contributed by atoms with E-state index in [4.69, 9.17) is 23.2 Å². The highest BCUT2D eigenvalue weighted by atomic mass is 35.5. The fraction of sp³-hybridized carbons (Fsp3) is 0.357. The van der Waals surface area contributed by atoms with Crippen LogP contribution in [0.1, 0.15) is 41.2 Å². The molecule has 14 heteroatoms. The Morgan fingerprint density at radius 1 is 0.976 bits per heavy atom. The van der Waals surface area contributed by atoms with Crippen LogP contribution in [-0.4, -0.2) is 45.5 Å². The molecule has 0 radical (unpaired) electrons. The molecule has 1 aromatic heterocycles. The van der Waals surface area contributed by atoms with Crippen molar-refractivity contribution in [1.82, 2.24) is 9.47 Å². The maximum atomic E-state index is 14.0. The Morgan fingerprint density at radius 3 is 2.40 bits per heavy atom. The molecule has 4 heterocycles. The number of anilines is 1. The van der Waals surface area contributed by atoms with E-state index in [0.717, 1.165) is 65.5 Å². The second-order valence-electron chi connectivity index (χ2n) is 10.3. The number of fused-ring (bicyclic) bond motifs is 2. The van der Waals surface area contributed by atoms with Gasteiger partial charge in [0.1, 0.15) is 11.8 Å². The molecule has 0 aliphatic carbocycles. The van der Waals surface area contributed by atoms with Gasteiger partial charge in [0.2, 0.25) is 17.7 Å². The smallest absolute Gasteiger partial charge is 0.341 e. The molecule has 0 saturated carbocycles. The Kier molecular flexibility index (Phi) is 7.70. The lowest BCUT2D eigenvalue weighted by molar-refractivity contribution is -0.137. The number of piperidine rings is 1. The Labute approximate surface area is 256 Å². The maximum absolute atomic E-state index is 14.0. The first kappa shape index (κ1) is 29.3. The standard InChI is InChI=1S/C28H22Cl2F3N3O4S2/c29-17-9-5-8-16(21(17)30)19-20-22(25(39)36(24(20)38)15-7-4-6-14(12-15)28(31,32)33)41-26-23(19)42-27(40)35(26)13-18(37)34-10-2-1-3-11-34/h4-9,12,19-20,22H,1-3,10-11,13H2. The highest BCUT2D eigenvalue weighted by molar-refractivity contribution is 8.00. The van der Waals surface area contributed by atoms with Crippen LogP contribution in [0.3, 0.4) is 0 Å². The Hall–Kier alpha value is -2.80. The summed E-state index contributed by atoms with van der Waals surface area (Å²) in [6.07, 6.45) is -1.91. The van der Waals surface area contributed by atoms with Crippen LogP contribution in [0.5, 0.6) is 0 Å². The molecule has 0 bridgehead atoms. The summed E-state index contributed by atoms with van der Waals surface area (Å²) in [4.78, 5) is 56.8. The molecule has 6 rings (SSSR count). The van der Waals surface area contributed by atoms with Crippen LogP contribution < -0.4 is 9.77 Å². The van der Waals surface area contributed by atoms with Crippen molar-refractivity contribution in [2.45, 2.75) is 48.2 Å². The van der Waals surface area contributed by atoms with E-state index in [0.29, 0.717) is 28.6 Å². The topological polar surface area (TPSA) is 79.7 Å². The van der Waals surface area contributed by atoms with Crippen molar-refractivity contribution < 1.29 is 27.6 Å². The quantitative estimate of drug-likeness (QED) is 0.320. The number of hydrogen-bond donors (Lipinski definition) is 0. The number of benzene rings is 2. The summed E-state index contributed by atoms with van der Waals surface area (Å²) in [5, 5.41) is -0.381. The molecular weight excluding hydrogens is 634 g/mol. The number of thioether (sulfide) groups is 1. The third-order valence-electron chi connectivity index (χ3n) is 7.80. The Morgan fingerprint density at radius 2 is 1.69 bits per heavy atom. The predicted molar refractivity (Wildman–Crippen MR) is 154 cm³/mol. The number of likely N-dealkylation sites (tertiary alicyclic amines) is 1. The number of aromatic nitrogens is 1. The molecule has 0 spiro atoms. The van der Waals surface area contributed by atoms with E-state index in [1.807, 2.05) is 0 Å². The van der Waals surface area contributed by atoms with Gasteiger partial charge >= 0.3 is 11.0 Å². The van der Waals surface area contributed by atoms with Gasteiger partial charge in [-0.3, -0.25) is 23.7 Å². The van der Waals surface area contributed by atoms with Crippen LogP contribution in [0.15, 0.2) is 52.3 Å². The summed E-state index contributed by atoms with van der Waals surface area (Å²) in [6.45, 7) is 0.958. The number of imide groups is 1. The van der Waals surface area contributed by atoms with E-state index in [2.05, 4.69) is 0 Å². The molecule has 2 aromatic carbocycles. The van der Waals surface area contributed by atoms with Gasteiger partial charge in [-0.1, -0.05) is 64.5 Å². The Bertz CT molecular complexity index is 1670. The van der Waals surface area contributed by atoms with Crippen molar-refractivity contribution in [3.05, 3.63) is 78.2 Å². The van der Waals surface area contributed by atoms with Gasteiger partial charge in [0.25, 0.3) is 0 Å². The van der Waals surface area contributed by atoms with Gasteiger partial charge in [0, 0.05) is 23.9 Å². The van der Waals surface area contributed by atoms with Crippen molar-refractivity contribution in [1.29, 1.82) is 0 Å². The number of nitrogens with zero attached hydrogens (tertiary/aromatic N) is 3. The second kappa shape index (κ2) is 11.0. The largest absolute Gasteiger partial charge is 0.416 e. The third-order valence-corrected chi connectivity index (χ3v) is 11.2. The van der Waals surface area contributed by atoms with E-state index in [9.17, 15) is 32.3 Å². The zero-order valence-corrected chi connectivity index (χ0v) is 24.8. The van der Waals surface area contributed by atoms with Gasteiger partial charge in [0.15, 0.2) is 0 Å². The lowest BCUT2D eigenvalue weighted by Crippen LogP contribution is -2.39. The summed E-state index contributed by atoms with van der Waals surface area (Å²) in [5.41, 5.74) is -0.794. The first-order valence-corrected chi connectivity index (χ1v) is 15.6. The van der Waals surface area contributed by atoms with Crippen LogP contribution in [0.4, 0.5) is 18.9 Å². The van der Waals surface area contributed by atoms with Gasteiger partial charge in [-0.15, -0.1) is 0 Å². The molecule has 2 fully saturated rings. The first-order chi connectivity index (χ1) is 20.0.